The van der Waals surface area contributed by atoms with E-state index in [9.17, 15) is 13.6 Å². The lowest BCUT2D eigenvalue weighted by molar-refractivity contribution is -0.129. The Morgan fingerprint density at radius 1 is 1.09 bits per heavy atom. The first-order chi connectivity index (χ1) is 11.1. The van der Waals surface area contributed by atoms with Gasteiger partial charge in [0.2, 0.25) is 0 Å². The summed E-state index contributed by atoms with van der Waals surface area (Å²) in [5, 5.41) is 0. The number of hydrogen-bond acceptors (Lipinski definition) is 3. The van der Waals surface area contributed by atoms with Gasteiger partial charge in [-0.25, -0.2) is 5.48 Å². The van der Waals surface area contributed by atoms with Gasteiger partial charge in [-0.2, -0.15) is 8.78 Å². The van der Waals surface area contributed by atoms with Crippen LogP contribution in [0.5, 0.6) is 5.75 Å². The zero-order valence-electron chi connectivity index (χ0n) is 12.1. The third-order valence-corrected chi connectivity index (χ3v) is 2.80. The summed E-state index contributed by atoms with van der Waals surface area (Å²) in [6, 6.07) is 15.5. The van der Waals surface area contributed by atoms with Crippen LogP contribution in [0.4, 0.5) is 8.78 Å². The number of ether oxygens (including phenoxy) is 1. The van der Waals surface area contributed by atoms with Gasteiger partial charge in [0, 0.05) is 11.6 Å². The molecular weight excluding hydrogens is 304 g/mol. The quantitative estimate of drug-likeness (QED) is 0.627. The van der Waals surface area contributed by atoms with Crippen LogP contribution in [0.15, 0.2) is 60.7 Å². The standard InChI is InChI=1S/C17H15F2NO3/c18-17(19)23-15-9-5-4-8-14(15)10-11-16(21)20-22-12-13-6-2-1-3-7-13/h1-11,17H,12H2,(H,20,21)/b11-10+. The van der Waals surface area contributed by atoms with E-state index in [0.29, 0.717) is 5.56 Å². The molecule has 2 aromatic rings. The maximum atomic E-state index is 12.3. The highest BCUT2D eigenvalue weighted by Gasteiger charge is 2.07. The Bertz CT molecular complexity index is 660. The van der Waals surface area contributed by atoms with Crippen molar-refractivity contribution in [1.82, 2.24) is 5.48 Å². The van der Waals surface area contributed by atoms with Crippen molar-refractivity contribution in [3.63, 3.8) is 0 Å². The number of alkyl halides is 2. The van der Waals surface area contributed by atoms with Gasteiger partial charge in [-0.1, -0.05) is 48.5 Å². The first-order valence-corrected chi connectivity index (χ1v) is 6.83. The van der Waals surface area contributed by atoms with Gasteiger partial charge < -0.3 is 4.74 Å². The van der Waals surface area contributed by atoms with Crippen molar-refractivity contribution in [3.05, 3.63) is 71.8 Å². The molecule has 0 spiro atoms. The van der Waals surface area contributed by atoms with Crippen molar-refractivity contribution in [2.24, 2.45) is 0 Å². The Balaban J connectivity index is 1.86. The minimum Gasteiger partial charge on any atom is -0.434 e. The minimum absolute atomic E-state index is 0.00301. The third kappa shape index (κ3) is 5.88. The molecule has 0 aliphatic rings. The van der Waals surface area contributed by atoms with Crippen LogP contribution in [0.3, 0.4) is 0 Å². The van der Waals surface area contributed by atoms with E-state index in [1.807, 2.05) is 30.3 Å². The predicted octanol–water partition coefficient (Wildman–Crippen LogP) is 3.55. The lowest BCUT2D eigenvalue weighted by Gasteiger charge is -2.07. The molecule has 2 aromatic carbocycles. The van der Waals surface area contributed by atoms with Gasteiger partial charge in [0.05, 0.1) is 6.61 Å². The van der Waals surface area contributed by atoms with Crippen molar-refractivity contribution in [3.8, 4) is 5.75 Å². The van der Waals surface area contributed by atoms with Crippen LogP contribution in [-0.4, -0.2) is 12.5 Å². The molecule has 4 nitrogen and oxygen atoms in total. The molecule has 0 atom stereocenters. The number of amides is 1. The second kappa shape index (κ2) is 8.65. The van der Waals surface area contributed by atoms with Crippen LogP contribution in [0, 0.1) is 0 Å². The van der Waals surface area contributed by atoms with Crippen LogP contribution < -0.4 is 10.2 Å². The Morgan fingerprint density at radius 2 is 1.78 bits per heavy atom. The summed E-state index contributed by atoms with van der Waals surface area (Å²) in [6.07, 6.45) is 2.55. The van der Waals surface area contributed by atoms with E-state index in [-0.39, 0.29) is 12.4 Å². The molecule has 0 bridgehead atoms. The van der Waals surface area contributed by atoms with Crippen molar-refractivity contribution >= 4 is 12.0 Å². The molecule has 0 aliphatic carbocycles. The Labute approximate surface area is 132 Å². The summed E-state index contributed by atoms with van der Waals surface area (Å²) < 4.78 is 28.9. The maximum Gasteiger partial charge on any atom is 0.387 e. The summed E-state index contributed by atoms with van der Waals surface area (Å²) in [5.41, 5.74) is 3.52. The second-order valence-electron chi connectivity index (χ2n) is 4.49. The average Bonchev–Trinajstić information content (AvgIpc) is 2.54. The normalized spacial score (nSPS) is 10.9. The van der Waals surface area contributed by atoms with E-state index in [4.69, 9.17) is 4.84 Å². The summed E-state index contributed by atoms with van der Waals surface area (Å²) >= 11 is 0. The van der Waals surface area contributed by atoms with Gasteiger partial charge in [-0.3, -0.25) is 9.63 Å². The summed E-state index contributed by atoms with van der Waals surface area (Å²) in [6.45, 7) is -2.70. The molecule has 0 unspecified atom stereocenters. The van der Waals surface area contributed by atoms with Crippen LogP contribution in [0.25, 0.3) is 6.08 Å². The minimum atomic E-state index is -2.92. The van der Waals surface area contributed by atoms with Crippen LogP contribution in [-0.2, 0) is 16.2 Å². The molecular formula is C17H15F2NO3. The number of nitrogens with one attached hydrogen (secondary N) is 1. The van der Waals surface area contributed by atoms with Crippen molar-refractivity contribution in [2.45, 2.75) is 13.2 Å². The number of para-hydroxylation sites is 1. The Morgan fingerprint density at radius 3 is 2.52 bits per heavy atom. The fraction of sp³-hybridized carbons (Fsp3) is 0.118. The number of carbonyl (C=O) groups excluding carboxylic acids is 1. The maximum absolute atomic E-state index is 12.3. The monoisotopic (exact) mass is 319 g/mol. The summed E-state index contributed by atoms with van der Waals surface area (Å²) in [7, 11) is 0. The highest BCUT2D eigenvalue weighted by molar-refractivity contribution is 5.91. The number of carbonyl (C=O) groups is 1. The highest BCUT2D eigenvalue weighted by Crippen LogP contribution is 2.21. The molecule has 0 fully saturated rings. The molecule has 6 heteroatoms. The first-order valence-electron chi connectivity index (χ1n) is 6.83. The van der Waals surface area contributed by atoms with E-state index in [1.165, 1.54) is 18.2 Å². The number of rotatable bonds is 7. The zero-order valence-corrected chi connectivity index (χ0v) is 12.1. The zero-order chi connectivity index (χ0) is 16.5. The number of hydroxylamine groups is 1. The molecule has 0 saturated heterocycles. The summed E-state index contributed by atoms with van der Waals surface area (Å²) in [4.78, 5) is 16.7. The van der Waals surface area contributed by atoms with E-state index in [2.05, 4.69) is 10.2 Å². The molecule has 0 heterocycles. The Kier molecular flexibility index (Phi) is 6.26. The molecule has 0 radical (unpaired) electrons. The van der Waals surface area contributed by atoms with Gasteiger partial charge in [0.15, 0.2) is 0 Å². The fourth-order valence-electron chi connectivity index (χ4n) is 1.79. The number of halogens is 2. The van der Waals surface area contributed by atoms with E-state index < -0.39 is 12.5 Å². The molecule has 2 rings (SSSR count). The predicted molar refractivity (Wildman–Crippen MR) is 81.5 cm³/mol. The summed E-state index contributed by atoms with van der Waals surface area (Å²) in [5.74, 6) is -0.510. The molecule has 0 aromatic heterocycles. The second-order valence-corrected chi connectivity index (χ2v) is 4.49. The number of hydrogen-bond donors (Lipinski definition) is 1. The van der Waals surface area contributed by atoms with E-state index >= 15 is 0 Å². The van der Waals surface area contributed by atoms with Crippen LogP contribution >= 0.6 is 0 Å². The molecule has 0 aliphatic heterocycles. The molecule has 120 valence electrons. The molecule has 23 heavy (non-hydrogen) atoms. The van der Waals surface area contributed by atoms with Gasteiger partial charge in [-0.15, -0.1) is 0 Å². The van der Waals surface area contributed by atoms with Gasteiger partial charge in [-0.05, 0) is 17.7 Å². The average molecular weight is 319 g/mol. The van der Waals surface area contributed by atoms with Crippen molar-refractivity contribution in [2.75, 3.05) is 0 Å². The lowest BCUT2D eigenvalue weighted by atomic mass is 10.2. The largest absolute Gasteiger partial charge is 0.434 e. The van der Waals surface area contributed by atoms with Gasteiger partial charge in [0.25, 0.3) is 5.91 Å². The van der Waals surface area contributed by atoms with Crippen molar-refractivity contribution < 1.29 is 23.1 Å². The van der Waals surface area contributed by atoms with E-state index in [1.54, 1.807) is 18.2 Å². The van der Waals surface area contributed by atoms with Crippen molar-refractivity contribution in [1.29, 1.82) is 0 Å². The highest BCUT2D eigenvalue weighted by atomic mass is 19.3. The topological polar surface area (TPSA) is 47.6 Å². The van der Waals surface area contributed by atoms with Crippen LogP contribution in [0.2, 0.25) is 0 Å². The smallest absolute Gasteiger partial charge is 0.387 e. The Hall–Kier alpha value is -2.73. The van der Waals surface area contributed by atoms with Gasteiger partial charge >= 0.3 is 6.61 Å². The lowest BCUT2D eigenvalue weighted by Crippen LogP contribution is -2.21. The first kappa shape index (κ1) is 16.6. The molecule has 1 N–H and O–H groups in total. The number of benzene rings is 2. The third-order valence-electron chi connectivity index (χ3n) is 2.80. The fourth-order valence-corrected chi connectivity index (χ4v) is 1.79. The van der Waals surface area contributed by atoms with Gasteiger partial charge in [0.1, 0.15) is 5.75 Å². The SMILES string of the molecule is O=C(/C=C/c1ccccc1OC(F)F)NOCc1ccccc1. The molecule has 1 amide bonds. The van der Waals surface area contributed by atoms with Crippen LogP contribution in [0.1, 0.15) is 11.1 Å². The molecule has 0 saturated carbocycles. The van der Waals surface area contributed by atoms with E-state index in [0.717, 1.165) is 5.56 Å².